The lowest BCUT2D eigenvalue weighted by molar-refractivity contribution is -0.115. The Kier molecular flexibility index (Phi) is 7.16. The second-order valence-electron chi connectivity index (χ2n) is 6.52. The number of anilines is 1. The molecule has 0 aromatic heterocycles. The van der Waals surface area contributed by atoms with Crippen LogP contribution in [0.5, 0.6) is 23.0 Å². The monoisotopic (exact) mass is 407 g/mol. The molecular formula is C24H25NO5. The first-order chi connectivity index (χ1) is 14.6. The Labute approximate surface area is 176 Å². The molecule has 1 amide bonds. The summed E-state index contributed by atoms with van der Waals surface area (Å²) in [6.07, 6.45) is 0.135. The van der Waals surface area contributed by atoms with Gasteiger partial charge in [-0.05, 0) is 35.9 Å². The average molecular weight is 407 g/mol. The lowest BCUT2D eigenvalue weighted by atomic mass is 10.1. The number of benzene rings is 3. The molecule has 0 aliphatic rings. The van der Waals surface area contributed by atoms with Crippen molar-refractivity contribution in [1.82, 2.24) is 0 Å². The molecule has 30 heavy (non-hydrogen) atoms. The molecule has 3 aromatic rings. The fraction of sp³-hybridized carbons (Fsp3) is 0.208. The van der Waals surface area contributed by atoms with Crippen molar-refractivity contribution in [3.63, 3.8) is 0 Å². The smallest absolute Gasteiger partial charge is 0.228 e. The Hall–Kier alpha value is -3.67. The van der Waals surface area contributed by atoms with Crippen LogP contribution in [-0.4, -0.2) is 27.2 Å². The van der Waals surface area contributed by atoms with Gasteiger partial charge in [-0.2, -0.15) is 0 Å². The van der Waals surface area contributed by atoms with E-state index in [-0.39, 0.29) is 12.3 Å². The minimum Gasteiger partial charge on any atom is -0.493 e. The molecule has 0 atom stereocenters. The first-order valence-corrected chi connectivity index (χ1v) is 9.49. The summed E-state index contributed by atoms with van der Waals surface area (Å²) >= 11 is 0. The maximum Gasteiger partial charge on any atom is 0.228 e. The summed E-state index contributed by atoms with van der Waals surface area (Å²) in [6, 6.07) is 20.8. The predicted octanol–water partition coefficient (Wildman–Crippen LogP) is 4.47. The molecule has 0 aliphatic heterocycles. The average Bonchev–Trinajstić information content (AvgIpc) is 2.78. The normalized spacial score (nSPS) is 10.2. The molecular weight excluding hydrogens is 382 g/mol. The van der Waals surface area contributed by atoms with Crippen LogP contribution in [0, 0.1) is 0 Å². The van der Waals surface area contributed by atoms with Gasteiger partial charge in [-0.1, -0.05) is 36.4 Å². The summed E-state index contributed by atoms with van der Waals surface area (Å²) in [5, 5.41) is 2.89. The summed E-state index contributed by atoms with van der Waals surface area (Å²) in [6.45, 7) is 0.492. The van der Waals surface area contributed by atoms with Crippen LogP contribution in [0.1, 0.15) is 11.1 Å². The number of hydrogen-bond donors (Lipinski definition) is 1. The van der Waals surface area contributed by atoms with Crippen molar-refractivity contribution in [2.75, 3.05) is 26.6 Å². The standard InChI is InChI=1S/C24H25NO5/c1-27-21-14-9-18(23(28-2)24(21)29-3)15-22(26)25-19-10-12-20(13-11-19)30-16-17-7-5-4-6-8-17/h4-14H,15-16H2,1-3H3,(H,25,26). The van der Waals surface area contributed by atoms with Gasteiger partial charge in [0.05, 0.1) is 27.8 Å². The molecule has 3 rings (SSSR count). The van der Waals surface area contributed by atoms with E-state index in [2.05, 4.69) is 5.32 Å². The highest BCUT2D eigenvalue weighted by molar-refractivity contribution is 5.92. The maximum absolute atomic E-state index is 12.5. The number of hydrogen-bond acceptors (Lipinski definition) is 5. The van der Waals surface area contributed by atoms with Crippen LogP contribution in [-0.2, 0) is 17.8 Å². The Morgan fingerprint density at radius 2 is 1.50 bits per heavy atom. The fourth-order valence-corrected chi connectivity index (χ4v) is 3.06. The SMILES string of the molecule is COc1ccc(CC(=O)Nc2ccc(OCc3ccccc3)cc2)c(OC)c1OC. The molecule has 1 N–H and O–H groups in total. The Morgan fingerprint density at radius 1 is 0.800 bits per heavy atom. The van der Waals surface area contributed by atoms with Crippen LogP contribution in [0.3, 0.4) is 0 Å². The topological polar surface area (TPSA) is 66.0 Å². The van der Waals surface area contributed by atoms with Gasteiger partial charge < -0.3 is 24.3 Å². The van der Waals surface area contributed by atoms with Gasteiger partial charge in [-0.25, -0.2) is 0 Å². The summed E-state index contributed by atoms with van der Waals surface area (Å²) in [7, 11) is 4.62. The molecule has 0 unspecified atom stereocenters. The molecule has 0 aliphatic carbocycles. The van der Waals surface area contributed by atoms with Crippen LogP contribution in [0.4, 0.5) is 5.69 Å². The summed E-state index contributed by atoms with van der Waals surface area (Å²) in [5.41, 5.74) is 2.49. The van der Waals surface area contributed by atoms with E-state index in [1.54, 1.807) is 19.2 Å². The maximum atomic E-state index is 12.5. The molecule has 0 saturated carbocycles. The zero-order chi connectivity index (χ0) is 21.3. The number of carbonyl (C=O) groups excluding carboxylic acids is 1. The second kappa shape index (κ2) is 10.2. The van der Waals surface area contributed by atoms with Gasteiger partial charge in [-0.15, -0.1) is 0 Å². The number of amides is 1. The first-order valence-electron chi connectivity index (χ1n) is 9.49. The lowest BCUT2D eigenvalue weighted by Gasteiger charge is -2.15. The zero-order valence-electron chi connectivity index (χ0n) is 17.3. The van der Waals surface area contributed by atoms with E-state index in [9.17, 15) is 4.79 Å². The van der Waals surface area contributed by atoms with Gasteiger partial charge >= 0.3 is 0 Å². The van der Waals surface area contributed by atoms with Crippen LogP contribution >= 0.6 is 0 Å². The number of methoxy groups -OCH3 is 3. The van der Waals surface area contributed by atoms with E-state index >= 15 is 0 Å². The highest BCUT2D eigenvalue weighted by atomic mass is 16.5. The van der Waals surface area contributed by atoms with E-state index in [0.717, 1.165) is 11.3 Å². The highest BCUT2D eigenvalue weighted by Gasteiger charge is 2.18. The molecule has 0 saturated heterocycles. The number of ether oxygens (including phenoxy) is 4. The molecule has 3 aromatic carbocycles. The van der Waals surface area contributed by atoms with Crippen molar-refractivity contribution in [1.29, 1.82) is 0 Å². The molecule has 0 spiro atoms. The van der Waals surface area contributed by atoms with Gasteiger partial charge in [0.25, 0.3) is 0 Å². The van der Waals surface area contributed by atoms with E-state index in [4.69, 9.17) is 18.9 Å². The zero-order valence-corrected chi connectivity index (χ0v) is 17.3. The van der Waals surface area contributed by atoms with Crippen molar-refractivity contribution in [3.05, 3.63) is 77.9 Å². The fourth-order valence-electron chi connectivity index (χ4n) is 3.06. The van der Waals surface area contributed by atoms with E-state index in [0.29, 0.717) is 35.1 Å². The second-order valence-corrected chi connectivity index (χ2v) is 6.52. The van der Waals surface area contributed by atoms with Gasteiger partial charge in [0, 0.05) is 11.3 Å². The predicted molar refractivity (Wildman–Crippen MR) is 116 cm³/mol. The molecule has 0 fully saturated rings. The minimum atomic E-state index is -0.168. The summed E-state index contributed by atoms with van der Waals surface area (Å²) < 4.78 is 21.9. The minimum absolute atomic E-state index is 0.135. The Balaban J connectivity index is 1.61. The van der Waals surface area contributed by atoms with Gasteiger partial charge in [-0.3, -0.25) is 4.79 Å². The van der Waals surface area contributed by atoms with Gasteiger partial charge in [0.15, 0.2) is 11.5 Å². The first kappa shape index (κ1) is 21.0. The molecule has 0 bridgehead atoms. The third-order valence-electron chi connectivity index (χ3n) is 4.52. The van der Waals surface area contributed by atoms with E-state index in [1.165, 1.54) is 14.2 Å². The van der Waals surface area contributed by atoms with Crippen molar-refractivity contribution in [2.45, 2.75) is 13.0 Å². The quantitative estimate of drug-likeness (QED) is 0.567. The summed E-state index contributed by atoms with van der Waals surface area (Å²) in [5.74, 6) is 2.06. The Morgan fingerprint density at radius 3 is 2.13 bits per heavy atom. The third-order valence-corrected chi connectivity index (χ3v) is 4.52. The lowest BCUT2D eigenvalue weighted by Crippen LogP contribution is -2.15. The molecule has 156 valence electrons. The Bertz CT molecular complexity index is 971. The molecule has 0 heterocycles. The van der Waals surface area contributed by atoms with Crippen molar-refractivity contribution in [3.8, 4) is 23.0 Å². The van der Waals surface area contributed by atoms with Gasteiger partial charge in [0.2, 0.25) is 11.7 Å². The van der Waals surface area contributed by atoms with Crippen LogP contribution < -0.4 is 24.3 Å². The largest absolute Gasteiger partial charge is 0.493 e. The summed E-state index contributed by atoms with van der Waals surface area (Å²) in [4.78, 5) is 12.5. The molecule has 6 nitrogen and oxygen atoms in total. The van der Waals surface area contributed by atoms with Crippen molar-refractivity contribution >= 4 is 11.6 Å². The van der Waals surface area contributed by atoms with Gasteiger partial charge in [0.1, 0.15) is 12.4 Å². The molecule has 0 radical (unpaired) electrons. The van der Waals surface area contributed by atoms with Crippen LogP contribution in [0.2, 0.25) is 0 Å². The molecule has 6 heteroatoms. The third kappa shape index (κ3) is 5.23. The van der Waals surface area contributed by atoms with E-state index in [1.807, 2.05) is 54.6 Å². The number of rotatable bonds is 9. The van der Waals surface area contributed by atoms with Crippen molar-refractivity contribution < 1.29 is 23.7 Å². The van der Waals surface area contributed by atoms with Crippen LogP contribution in [0.15, 0.2) is 66.7 Å². The number of nitrogens with one attached hydrogen (secondary N) is 1. The van der Waals surface area contributed by atoms with Crippen LogP contribution in [0.25, 0.3) is 0 Å². The van der Waals surface area contributed by atoms with Crippen molar-refractivity contribution in [2.24, 2.45) is 0 Å². The number of carbonyl (C=O) groups is 1. The highest BCUT2D eigenvalue weighted by Crippen LogP contribution is 2.39. The van der Waals surface area contributed by atoms with E-state index < -0.39 is 0 Å².